The summed E-state index contributed by atoms with van der Waals surface area (Å²) in [5, 5.41) is 6.69. The highest BCUT2D eigenvalue weighted by molar-refractivity contribution is 5.79. The smallest absolute Gasteiger partial charge is 0.191 e. The second kappa shape index (κ2) is 7.90. The Labute approximate surface area is 123 Å². The summed E-state index contributed by atoms with van der Waals surface area (Å²) in [6.07, 6.45) is 0. The summed E-state index contributed by atoms with van der Waals surface area (Å²) in [5.74, 6) is 0.867. The molecule has 1 aromatic rings. The molecule has 0 amide bonds. The van der Waals surface area contributed by atoms with Gasteiger partial charge in [-0.1, -0.05) is 30.3 Å². The van der Waals surface area contributed by atoms with Crippen molar-refractivity contribution in [3.05, 3.63) is 35.9 Å². The van der Waals surface area contributed by atoms with Gasteiger partial charge in [-0.15, -0.1) is 0 Å². The quantitative estimate of drug-likeness (QED) is 0.617. The van der Waals surface area contributed by atoms with Gasteiger partial charge in [0.15, 0.2) is 5.96 Å². The van der Waals surface area contributed by atoms with E-state index in [-0.39, 0.29) is 5.54 Å². The summed E-state index contributed by atoms with van der Waals surface area (Å²) < 4.78 is 0. The predicted octanol–water partition coefficient (Wildman–Crippen LogP) is 2.08. The topological polar surface area (TPSA) is 39.7 Å². The standard InChI is InChI=1S/C16H28N4/c1-6-17-15(19-13-16(2,3)20(4)5)18-12-14-10-8-7-9-11-14/h7-11H,6,12-13H2,1-5H3,(H2,17,18,19). The van der Waals surface area contributed by atoms with Crippen LogP contribution in [0.4, 0.5) is 0 Å². The third kappa shape index (κ3) is 5.61. The molecule has 0 aliphatic carbocycles. The van der Waals surface area contributed by atoms with E-state index < -0.39 is 0 Å². The van der Waals surface area contributed by atoms with Crippen molar-refractivity contribution in [3.63, 3.8) is 0 Å². The van der Waals surface area contributed by atoms with Gasteiger partial charge in [-0.3, -0.25) is 0 Å². The highest BCUT2D eigenvalue weighted by Crippen LogP contribution is 2.07. The van der Waals surface area contributed by atoms with Gasteiger partial charge in [-0.2, -0.15) is 0 Å². The second-order valence-corrected chi connectivity index (χ2v) is 5.74. The summed E-state index contributed by atoms with van der Waals surface area (Å²) in [4.78, 5) is 6.83. The molecule has 0 atom stereocenters. The zero-order valence-electron chi connectivity index (χ0n) is 13.4. The fraction of sp³-hybridized carbons (Fsp3) is 0.562. The lowest BCUT2D eigenvalue weighted by Gasteiger charge is -2.33. The zero-order chi connectivity index (χ0) is 15.0. The van der Waals surface area contributed by atoms with E-state index in [9.17, 15) is 0 Å². The lowest BCUT2D eigenvalue weighted by atomic mass is 10.0. The van der Waals surface area contributed by atoms with Crippen LogP contribution in [0.15, 0.2) is 35.3 Å². The molecule has 0 aliphatic heterocycles. The van der Waals surface area contributed by atoms with Crippen molar-refractivity contribution in [2.24, 2.45) is 4.99 Å². The van der Waals surface area contributed by atoms with Gasteiger partial charge in [0, 0.05) is 18.6 Å². The molecule has 112 valence electrons. The summed E-state index contributed by atoms with van der Waals surface area (Å²) in [6.45, 7) is 8.90. The molecule has 0 aromatic heterocycles. The average molecular weight is 276 g/mol. The third-order valence-corrected chi connectivity index (χ3v) is 3.51. The average Bonchev–Trinajstić information content (AvgIpc) is 2.43. The molecule has 0 saturated carbocycles. The first-order valence-electron chi connectivity index (χ1n) is 7.19. The van der Waals surface area contributed by atoms with Crippen LogP contribution in [0, 0.1) is 0 Å². The fourth-order valence-corrected chi connectivity index (χ4v) is 1.55. The highest BCUT2D eigenvalue weighted by Gasteiger charge is 2.20. The number of benzene rings is 1. The van der Waals surface area contributed by atoms with E-state index in [2.05, 4.69) is 67.5 Å². The van der Waals surface area contributed by atoms with Crippen molar-refractivity contribution in [2.75, 3.05) is 27.2 Å². The second-order valence-electron chi connectivity index (χ2n) is 5.74. The van der Waals surface area contributed by atoms with Crippen LogP contribution in [-0.2, 0) is 6.54 Å². The van der Waals surface area contributed by atoms with Crippen LogP contribution in [0.1, 0.15) is 26.3 Å². The molecule has 0 spiro atoms. The van der Waals surface area contributed by atoms with Crippen LogP contribution < -0.4 is 10.6 Å². The number of nitrogens with zero attached hydrogens (tertiary/aromatic N) is 2. The van der Waals surface area contributed by atoms with Crippen molar-refractivity contribution in [1.29, 1.82) is 0 Å². The molecule has 1 rings (SSSR count). The Hall–Kier alpha value is -1.55. The molecule has 0 heterocycles. The van der Waals surface area contributed by atoms with Crippen molar-refractivity contribution in [2.45, 2.75) is 32.9 Å². The minimum Gasteiger partial charge on any atom is -0.357 e. The number of aliphatic imine (C=N–C) groups is 1. The predicted molar refractivity (Wildman–Crippen MR) is 87.0 cm³/mol. The van der Waals surface area contributed by atoms with Gasteiger partial charge < -0.3 is 15.5 Å². The number of rotatable bonds is 6. The number of nitrogens with one attached hydrogen (secondary N) is 2. The molecule has 0 saturated heterocycles. The van der Waals surface area contributed by atoms with E-state index in [0.717, 1.165) is 19.0 Å². The van der Waals surface area contributed by atoms with Gasteiger partial charge in [0.2, 0.25) is 0 Å². The largest absolute Gasteiger partial charge is 0.357 e. The third-order valence-electron chi connectivity index (χ3n) is 3.51. The number of guanidine groups is 1. The summed E-state index contributed by atoms with van der Waals surface area (Å²) in [6, 6.07) is 10.3. The molecule has 20 heavy (non-hydrogen) atoms. The van der Waals surface area contributed by atoms with Crippen molar-refractivity contribution < 1.29 is 0 Å². The molecule has 4 heteroatoms. The molecule has 0 radical (unpaired) electrons. The molecule has 1 aromatic carbocycles. The Bertz CT molecular complexity index is 410. The van der Waals surface area contributed by atoms with E-state index in [1.54, 1.807) is 0 Å². The first kappa shape index (κ1) is 16.5. The Morgan fingerprint density at radius 2 is 1.80 bits per heavy atom. The first-order valence-corrected chi connectivity index (χ1v) is 7.19. The maximum absolute atomic E-state index is 4.62. The van der Waals surface area contributed by atoms with Gasteiger partial charge in [0.05, 0.1) is 6.54 Å². The van der Waals surface area contributed by atoms with Crippen LogP contribution in [-0.4, -0.2) is 43.6 Å². The fourth-order valence-electron chi connectivity index (χ4n) is 1.55. The normalized spacial score (nSPS) is 12.6. The lowest BCUT2D eigenvalue weighted by molar-refractivity contribution is 0.197. The van der Waals surface area contributed by atoms with Gasteiger partial charge in [0.25, 0.3) is 0 Å². The lowest BCUT2D eigenvalue weighted by Crippen LogP contribution is -2.50. The number of hydrogen-bond acceptors (Lipinski definition) is 2. The van der Waals surface area contributed by atoms with Gasteiger partial charge in [0.1, 0.15) is 0 Å². The molecular formula is C16H28N4. The van der Waals surface area contributed by atoms with Gasteiger partial charge in [-0.25, -0.2) is 4.99 Å². The van der Waals surface area contributed by atoms with Crippen molar-refractivity contribution in [1.82, 2.24) is 15.5 Å². The van der Waals surface area contributed by atoms with E-state index in [1.807, 2.05) is 18.2 Å². The minimum absolute atomic E-state index is 0.0862. The molecular weight excluding hydrogens is 248 g/mol. The van der Waals surface area contributed by atoms with E-state index >= 15 is 0 Å². The molecule has 0 bridgehead atoms. The van der Waals surface area contributed by atoms with Gasteiger partial charge in [-0.05, 0) is 40.4 Å². The van der Waals surface area contributed by atoms with Crippen molar-refractivity contribution in [3.8, 4) is 0 Å². The Kier molecular flexibility index (Phi) is 6.52. The zero-order valence-corrected chi connectivity index (χ0v) is 13.4. The molecule has 4 nitrogen and oxygen atoms in total. The van der Waals surface area contributed by atoms with Crippen molar-refractivity contribution >= 4 is 5.96 Å². The van der Waals surface area contributed by atoms with Crippen LogP contribution in [0.2, 0.25) is 0 Å². The van der Waals surface area contributed by atoms with Crippen LogP contribution >= 0.6 is 0 Å². The van der Waals surface area contributed by atoms with E-state index in [0.29, 0.717) is 6.54 Å². The maximum atomic E-state index is 4.62. The van der Waals surface area contributed by atoms with E-state index in [4.69, 9.17) is 0 Å². The van der Waals surface area contributed by atoms with Crippen LogP contribution in [0.25, 0.3) is 0 Å². The SMILES string of the molecule is CCNC(=NCc1ccccc1)NCC(C)(C)N(C)C. The van der Waals surface area contributed by atoms with E-state index in [1.165, 1.54) is 5.56 Å². The summed E-state index contributed by atoms with van der Waals surface area (Å²) in [5.41, 5.74) is 1.31. The Morgan fingerprint density at radius 1 is 1.15 bits per heavy atom. The van der Waals surface area contributed by atoms with Crippen LogP contribution in [0.3, 0.4) is 0 Å². The maximum Gasteiger partial charge on any atom is 0.191 e. The summed E-state index contributed by atoms with van der Waals surface area (Å²) in [7, 11) is 4.19. The first-order chi connectivity index (χ1) is 9.45. The minimum atomic E-state index is 0.0862. The molecule has 0 aliphatic rings. The highest BCUT2D eigenvalue weighted by atomic mass is 15.2. The Morgan fingerprint density at radius 3 is 2.35 bits per heavy atom. The number of likely N-dealkylation sites (N-methyl/N-ethyl adjacent to an activating group) is 1. The molecule has 2 N–H and O–H groups in total. The van der Waals surface area contributed by atoms with Gasteiger partial charge >= 0.3 is 0 Å². The Balaban J connectivity index is 2.60. The molecule has 0 fully saturated rings. The van der Waals surface area contributed by atoms with Crippen LogP contribution in [0.5, 0.6) is 0 Å². The monoisotopic (exact) mass is 276 g/mol. The molecule has 0 unspecified atom stereocenters. The number of hydrogen-bond donors (Lipinski definition) is 2. The summed E-state index contributed by atoms with van der Waals surface area (Å²) >= 11 is 0.